The van der Waals surface area contributed by atoms with Crippen LogP contribution in [0.5, 0.6) is 0 Å². The highest BCUT2D eigenvalue weighted by Crippen LogP contribution is 2.34. The SMILES string of the molecule is CC1CCCC(n2cnc(-c3cc(Cl)ccc3N(N)/C=C(\N)C(N)=O)cc2=O)c2cc(ccn2)-c2c(cnn2C)NC1=O. The molecule has 0 aliphatic carbocycles. The van der Waals surface area contributed by atoms with Gasteiger partial charge in [0.05, 0.1) is 47.0 Å². The van der Waals surface area contributed by atoms with E-state index in [1.54, 1.807) is 42.3 Å². The molecule has 43 heavy (non-hydrogen) atoms. The van der Waals surface area contributed by atoms with Crippen molar-refractivity contribution in [1.29, 1.82) is 0 Å². The number of nitrogens with two attached hydrogens (primary N) is 3. The molecule has 0 saturated heterocycles. The number of primary amides is 1. The van der Waals surface area contributed by atoms with Gasteiger partial charge in [-0.3, -0.25) is 33.6 Å². The minimum atomic E-state index is -0.837. The van der Waals surface area contributed by atoms with Crippen LogP contribution in [0.2, 0.25) is 5.02 Å². The predicted molar refractivity (Wildman–Crippen MR) is 163 cm³/mol. The Morgan fingerprint density at radius 1 is 1.14 bits per heavy atom. The van der Waals surface area contributed by atoms with Gasteiger partial charge in [0.15, 0.2) is 0 Å². The molecule has 3 aromatic heterocycles. The van der Waals surface area contributed by atoms with Crippen molar-refractivity contribution in [2.45, 2.75) is 32.2 Å². The van der Waals surface area contributed by atoms with Crippen molar-refractivity contribution in [2.75, 3.05) is 10.3 Å². The predicted octanol–water partition coefficient (Wildman–Crippen LogP) is 2.67. The summed E-state index contributed by atoms with van der Waals surface area (Å²) in [5, 5.41) is 8.85. The van der Waals surface area contributed by atoms with E-state index in [9.17, 15) is 14.4 Å². The molecule has 0 spiro atoms. The lowest BCUT2D eigenvalue weighted by Gasteiger charge is -2.22. The Morgan fingerprint density at radius 2 is 1.93 bits per heavy atom. The van der Waals surface area contributed by atoms with Crippen molar-refractivity contribution in [3.63, 3.8) is 0 Å². The van der Waals surface area contributed by atoms with Gasteiger partial charge in [-0.05, 0) is 43.2 Å². The lowest BCUT2D eigenvalue weighted by atomic mass is 9.97. The molecule has 4 aromatic rings. The molecule has 1 aliphatic rings. The number of aromatic nitrogens is 5. The molecular weight excluding hydrogens is 572 g/mol. The molecule has 2 atom stereocenters. The number of nitrogens with one attached hydrogen (secondary N) is 1. The zero-order chi connectivity index (χ0) is 30.8. The second kappa shape index (κ2) is 12.1. The van der Waals surface area contributed by atoms with Crippen LogP contribution in [0.25, 0.3) is 22.5 Å². The largest absolute Gasteiger partial charge is 0.393 e. The molecule has 0 fully saturated rings. The lowest BCUT2D eigenvalue weighted by molar-refractivity contribution is -0.119. The fraction of sp³-hybridized carbons (Fsp3) is 0.241. The third-order valence-corrected chi connectivity index (χ3v) is 7.64. The first-order valence-electron chi connectivity index (χ1n) is 13.5. The van der Waals surface area contributed by atoms with Gasteiger partial charge >= 0.3 is 0 Å². The number of halogens is 1. The summed E-state index contributed by atoms with van der Waals surface area (Å²) in [5.41, 5.74) is 14.3. The molecular formula is C29H31ClN10O3. The van der Waals surface area contributed by atoms with Gasteiger partial charge in [0, 0.05) is 47.6 Å². The quantitative estimate of drug-likeness (QED) is 0.151. The fourth-order valence-corrected chi connectivity index (χ4v) is 5.27. The number of fused-ring (bicyclic) bond motifs is 4. The van der Waals surface area contributed by atoms with E-state index < -0.39 is 11.9 Å². The van der Waals surface area contributed by atoms with E-state index in [1.165, 1.54) is 23.2 Å². The number of carbonyl (C=O) groups excluding carboxylic acids is 2. The highest BCUT2D eigenvalue weighted by atomic mass is 35.5. The van der Waals surface area contributed by atoms with Crippen LogP contribution in [0.1, 0.15) is 37.9 Å². The summed E-state index contributed by atoms with van der Waals surface area (Å²) in [4.78, 5) is 47.3. The molecule has 2 amide bonds. The number of hydrogen-bond donors (Lipinski definition) is 4. The third-order valence-electron chi connectivity index (χ3n) is 7.40. The third kappa shape index (κ3) is 6.12. The van der Waals surface area contributed by atoms with Gasteiger partial charge in [0.1, 0.15) is 5.70 Å². The summed E-state index contributed by atoms with van der Waals surface area (Å²) in [7, 11) is 1.80. The first-order chi connectivity index (χ1) is 20.5. The van der Waals surface area contributed by atoms with Crippen LogP contribution in [0, 0.1) is 5.92 Å². The number of benzene rings is 1. The summed E-state index contributed by atoms with van der Waals surface area (Å²) in [6.07, 6.45) is 7.76. The van der Waals surface area contributed by atoms with Gasteiger partial charge < -0.3 is 16.8 Å². The van der Waals surface area contributed by atoms with Crippen LogP contribution in [0.4, 0.5) is 11.4 Å². The van der Waals surface area contributed by atoms with Gasteiger partial charge in [-0.1, -0.05) is 24.9 Å². The summed E-state index contributed by atoms with van der Waals surface area (Å²) in [5.74, 6) is 4.97. The lowest BCUT2D eigenvalue weighted by Crippen LogP contribution is -2.30. The van der Waals surface area contributed by atoms with Gasteiger partial charge in [-0.2, -0.15) is 5.10 Å². The molecule has 2 bridgehead atoms. The van der Waals surface area contributed by atoms with E-state index in [2.05, 4.69) is 20.4 Å². The summed E-state index contributed by atoms with van der Waals surface area (Å²) >= 11 is 6.28. The van der Waals surface area contributed by atoms with Gasteiger partial charge in [0.2, 0.25) is 5.91 Å². The molecule has 0 radical (unpaired) electrons. The van der Waals surface area contributed by atoms with Crippen molar-refractivity contribution in [1.82, 2.24) is 24.3 Å². The van der Waals surface area contributed by atoms with Crippen LogP contribution >= 0.6 is 11.6 Å². The van der Waals surface area contributed by atoms with E-state index >= 15 is 0 Å². The molecule has 4 heterocycles. The van der Waals surface area contributed by atoms with E-state index in [0.29, 0.717) is 52.6 Å². The Morgan fingerprint density at radius 3 is 2.67 bits per heavy atom. The number of hydrogen-bond acceptors (Lipinski definition) is 9. The second-order valence-corrected chi connectivity index (χ2v) is 10.8. The molecule has 13 nitrogen and oxygen atoms in total. The monoisotopic (exact) mass is 602 g/mol. The standard InChI is InChI=1S/C29H31ClN10O3/c1-16-4-3-5-25(22-10-17(8-9-34-22)27-23(37-29(16)43)13-36-38(27)2)39-15-35-21(12-26(39)41)19-11-18(30)6-7-24(19)40(33)14-20(31)28(32)42/h6-16,25H,3-5,31,33H2,1-2H3,(H2,32,42)(H,37,43)/b20-14-. The molecule has 2 unspecified atom stereocenters. The zero-order valence-electron chi connectivity index (χ0n) is 23.6. The zero-order valence-corrected chi connectivity index (χ0v) is 24.3. The number of aryl methyl sites for hydroxylation is 1. The van der Waals surface area contributed by atoms with E-state index in [1.807, 2.05) is 19.1 Å². The fourth-order valence-electron chi connectivity index (χ4n) is 5.10. The molecule has 1 aliphatic heterocycles. The van der Waals surface area contributed by atoms with E-state index in [4.69, 9.17) is 28.9 Å². The smallest absolute Gasteiger partial charge is 0.266 e. The second-order valence-electron chi connectivity index (χ2n) is 10.4. The van der Waals surface area contributed by atoms with Crippen LogP contribution in [0.3, 0.4) is 0 Å². The summed E-state index contributed by atoms with van der Waals surface area (Å²) in [6.45, 7) is 1.88. The van der Waals surface area contributed by atoms with Crippen LogP contribution < -0.4 is 33.2 Å². The van der Waals surface area contributed by atoms with Crippen molar-refractivity contribution >= 4 is 34.8 Å². The molecule has 0 saturated carbocycles. The Bertz CT molecular complexity index is 1800. The maximum absolute atomic E-state index is 13.7. The normalized spacial score (nSPS) is 17.3. The average molecular weight is 603 g/mol. The molecule has 222 valence electrons. The number of carbonyl (C=O) groups is 2. The van der Waals surface area contributed by atoms with Gasteiger partial charge in [-0.25, -0.2) is 10.8 Å². The van der Waals surface area contributed by atoms with E-state index in [0.717, 1.165) is 16.3 Å². The topological polar surface area (TPSA) is 193 Å². The minimum Gasteiger partial charge on any atom is -0.393 e. The van der Waals surface area contributed by atoms with Gasteiger partial charge in [0.25, 0.3) is 11.5 Å². The molecule has 7 N–H and O–H groups in total. The number of rotatable bonds is 5. The summed E-state index contributed by atoms with van der Waals surface area (Å²) in [6, 6.07) is 9.50. The van der Waals surface area contributed by atoms with Crippen molar-refractivity contribution in [3.05, 3.63) is 88.1 Å². The maximum atomic E-state index is 13.7. The highest BCUT2D eigenvalue weighted by molar-refractivity contribution is 6.31. The maximum Gasteiger partial charge on any atom is 0.266 e. The minimum absolute atomic E-state index is 0.0949. The molecule has 14 heteroatoms. The van der Waals surface area contributed by atoms with Crippen LogP contribution in [0.15, 0.2) is 71.8 Å². The molecule has 1 aromatic carbocycles. The van der Waals surface area contributed by atoms with Crippen LogP contribution in [-0.4, -0.2) is 36.1 Å². The first kappa shape index (κ1) is 29.5. The van der Waals surface area contributed by atoms with E-state index in [-0.39, 0.29) is 23.1 Å². The average Bonchev–Trinajstić information content (AvgIpc) is 3.34. The Balaban J connectivity index is 1.58. The van der Waals surface area contributed by atoms with Crippen molar-refractivity contribution < 1.29 is 9.59 Å². The van der Waals surface area contributed by atoms with Crippen molar-refractivity contribution in [2.24, 2.45) is 30.3 Å². The molecule has 5 rings (SSSR count). The Hall–Kier alpha value is -5.01. The Labute approximate surface area is 251 Å². The number of amides is 2. The number of pyridine rings is 1. The Kier molecular flexibility index (Phi) is 8.28. The highest BCUT2D eigenvalue weighted by Gasteiger charge is 2.24. The first-order valence-corrected chi connectivity index (χ1v) is 13.9. The van der Waals surface area contributed by atoms with Gasteiger partial charge in [-0.15, -0.1) is 0 Å². The number of anilines is 2. The van der Waals surface area contributed by atoms with Crippen LogP contribution in [-0.2, 0) is 16.6 Å². The number of hydrazine groups is 1. The van der Waals surface area contributed by atoms with Crippen molar-refractivity contribution in [3.8, 4) is 22.5 Å². The summed E-state index contributed by atoms with van der Waals surface area (Å²) < 4.78 is 3.23. The number of nitrogens with zero attached hydrogens (tertiary/aromatic N) is 6.